The molecule has 19 heavy (non-hydrogen) atoms. The first-order valence-electron chi connectivity index (χ1n) is 5.82. The van der Waals surface area contributed by atoms with Gasteiger partial charge in [-0.2, -0.15) is 0 Å². The van der Waals surface area contributed by atoms with Crippen LogP contribution in [-0.4, -0.2) is 6.26 Å². The summed E-state index contributed by atoms with van der Waals surface area (Å²) in [5.74, 6) is -1.12. The van der Waals surface area contributed by atoms with Gasteiger partial charge in [-0.1, -0.05) is 18.2 Å². The number of halogens is 3. The summed E-state index contributed by atoms with van der Waals surface area (Å²) in [4.78, 5) is 1.15. The first-order valence-corrected chi connectivity index (χ1v) is 7.48. The third-order valence-corrected chi connectivity index (χ3v) is 4.04. The highest BCUT2D eigenvalue weighted by atomic mass is 35.5. The fourth-order valence-electron chi connectivity index (χ4n) is 1.81. The second-order valence-corrected chi connectivity index (χ2v) is 5.59. The molecule has 0 amide bonds. The van der Waals surface area contributed by atoms with Crippen LogP contribution in [0.1, 0.15) is 16.5 Å². The summed E-state index contributed by atoms with van der Waals surface area (Å²) < 4.78 is 26.4. The number of hydrogen-bond donors (Lipinski definition) is 0. The Balaban J connectivity index is 2.13. The molecule has 0 saturated carbocycles. The minimum absolute atomic E-state index is 0.323. The summed E-state index contributed by atoms with van der Waals surface area (Å²) in [5, 5.41) is -0.323. The molecule has 0 fully saturated rings. The quantitative estimate of drug-likeness (QED) is 0.551. The van der Waals surface area contributed by atoms with Crippen molar-refractivity contribution < 1.29 is 8.78 Å². The van der Waals surface area contributed by atoms with Crippen molar-refractivity contribution in [3.63, 3.8) is 0 Å². The smallest absolute Gasteiger partial charge is 0.129 e. The summed E-state index contributed by atoms with van der Waals surface area (Å²) in [6, 6.07) is 11.4. The summed E-state index contributed by atoms with van der Waals surface area (Å²) in [6.45, 7) is 0. The van der Waals surface area contributed by atoms with Gasteiger partial charge in [0.25, 0.3) is 0 Å². The maximum Gasteiger partial charge on any atom is 0.129 e. The van der Waals surface area contributed by atoms with Gasteiger partial charge < -0.3 is 0 Å². The van der Waals surface area contributed by atoms with Gasteiger partial charge in [-0.15, -0.1) is 23.4 Å². The summed E-state index contributed by atoms with van der Waals surface area (Å²) in [7, 11) is 0. The van der Waals surface area contributed by atoms with Crippen LogP contribution < -0.4 is 0 Å². The highest BCUT2D eigenvalue weighted by Crippen LogP contribution is 2.27. The Morgan fingerprint density at radius 1 is 1.11 bits per heavy atom. The van der Waals surface area contributed by atoms with E-state index in [9.17, 15) is 8.78 Å². The molecule has 2 aromatic carbocycles. The number of alkyl halides is 1. The van der Waals surface area contributed by atoms with Crippen LogP contribution in [0.3, 0.4) is 0 Å². The Bertz CT molecular complexity index is 555. The van der Waals surface area contributed by atoms with Crippen molar-refractivity contribution in [3.05, 3.63) is 65.2 Å². The number of benzene rings is 2. The second kappa shape index (κ2) is 6.40. The van der Waals surface area contributed by atoms with Crippen LogP contribution in [0.25, 0.3) is 0 Å². The first-order chi connectivity index (χ1) is 9.10. The zero-order valence-corrected chi connectivity index (χ0v) is 11.9. The lowest BCUT2D eigenvalue weighted by atomic mass is 10.0. The molecule has 2 aromatic rings. The Morgan fingerprint density at radius 2 is 1.79 bits per heavy atom. The van der Waals surface area contributed by atoms with Crippen LogP contribution in [0.15, 0.2) is 47.4 Å². The summed E-state index contributed by atoms with van der Waals surface area (Å²) >= 11 is 7.93. The highest BCUT2D eigenvalue weighted by Gasteiger charge is 2.12. The van der Waals surface area contributed by atoms with E-state index in [4.69, 9.17) is 11.6 Å². The number of thioether (sulfide) groups is 1. The second-order valence-electron chi connectivity index (χ2n) is 4.18. The third kappa shape index (κ3) is 3.71. The minimum Gasteiger partial charge on any atom is -0.207 e. The minimum atomic E-state index is -0.573. The lowest BCUT2D eigenvalue weighted by Crippen LogP contribution is -1.99. The van der Waals surface area contributed by atoms with Gasteiger partial charge in [-0.25, -0.2) is 8.78 Å². The van der Waals surface area contributed by atoms with Crippen LogP contribution in [0.2, 0.25) is 0 Å². The fourth-order valence-corrected chi connectivity index (χ4v) is 2.53. The Hall–Kier alpha value is -1.06. The molecule has 0 bridgehead atoms. The largest absolute Gasteiger partial charge is 0.207 e. The van der Waals surface area contributed by atoms with Gasteiger partial charge in [0.2, 0.25) is 0 Å². The van der Waals surface area contributed by atoms with Gasteiger partial charge in [0.05, 0.1) is 5.38 Å². The van der Waals surface area contributed by atoms with Crippen LogP contribution in [0, 0.1) is 11.6 Å². The van der Waals surface area contributed by atoms with E-state index in [1.807, 2.05) is 30.5 Å². The monoisotopic (exact) mass is 298 g/mol. The molecule has 1 atom stereocenters. The molecule has 0 aliphatic heterocycles. The fraction of sp³-hybridized carbons (Fsp3) is 0.200. The maximum atomic E-state index is 13.5. The molecule has 4 heteroatoms. The SMILES string of the molecule is CSc1ccc(C(Cl)Cc2ccc(F)cc2F)cc1. The zero-order chi connectivity index (χ0) is 13.8. The van der Waals surface area contributed by atoms with Crippen molar-refractivity contribution in [3.8, 4) is 0 Å². The molecule has 0 radical (unpaired) electrons. The first kappa shape index (κ1) is 14.4. The van der Waals surface area contributed by atoms with E-state index in [0.29, 0.717) is 12.0 Å². The average molecular weight is 299 g/mol. The van der Waals surface area contributed by atoms with Crippen molar-refractivity contribution >= 4 is 23.4 Å². The van der Waals surface area contributed by atoms with Gasteiger partial charge in [0, 0.05) is 11.0 Å². The van der Waals surface area contributed by atoms with Crippen molar-refractivity contribution in [1.82, 2.24) is 0 Å². The van der Waals surface area contributed by atoms with Crippen molar-refractivity contribution in [2.45, 2.75) is 16.7 Å². The maximum absolute atomic E-state index is 13.5. The zero-order valence-electron chi connectivity index (χ0n) is 10.4. The molecular formula is C15H13ClF2S. The van der Waals surface area contributed by atoms with Crippen molar-refractivity contribution in [2.24, 2.45) is 0 Å². The molecule has 0 saturated heterocycles. The average Bonchev–Trinajstić information content (AvgIpc) is 2.42. The predicted molar refractivity (Wildman–Crippen MR) is 76.9 cm³/mol. The summed E-state index contributed by atoms with van der Waals surface area (Å²) in [5.41, 5.74) is 1.36. The summed E-state index contributed by atoms with van der Waals surface area (Å²) in [6.07, 6.45) is 2.34. The standard InChI is InChI=1S/C15H13ClF2S/c1-19-13-6-3-10(4-7-13)14(16)8-11-2-5-12(17)9-15(11)18/h2-7,9,14H,8H2,1H3. The van der Waals surface area contributed by atoms with E-state index < -0.39 is 11.6 Å². The van der Waals surface area contributed by atoms with E-state index in [1.54, 1.807) is 11.8 Å². The van der Waals surface area contributed by atoms with Gasteiger partial charge >= 0.3 is 0 Å². The predicted octanol–water partition coefficient (Wildman–Crippen LogP) is 5.21. The van der Waals surface area contributed by atoms with E-state index in [1.165, 1.54) is 12.1 Å². The van der Waals surface area contributed by atoms with Crippen LogP contribution >= 0.6 is 23.4 Å². The van der Waals surface area contributed by atoms with Gasteiger partial charge in [-0.3, -0.25) is 0 Å². The molecule has 1 unspecified atom stereocenters. The Kier molecular flexibility index (Phi) is 4.83. The molecule has 0 aliphatic rings. The molecule has 0 heterocycles. The molecule has 0 spiro atoms. The van der Waals surface area contributed by atoms with E-state index in [2.05, 4.69) is 0 Å². The topological polar surface area (TPSA) is 0 Å². The Morgan fingerprint density at radius 3 is 2.37 bits per heavy atom. The highest BCUT2D eigenvalue weighted by molar-refractivity contribution is 7.98. The lowest BCUT2D eigenvalue weighted by molar-refractivity contribution is 0.570. The van der Waals surface area contributed by atoms with E-state index >= 15 is 0 Å². The molecule has 0 N–H and O–H groups in total. The van der Waals surface area contributed by atoms with Crippen LogP contribution in [0.5, 0.6) is 0 Å². The van der Waals surface area contributed by atoms with E-state index in [-0.39, 0.29) is 5.38 Å². The van der Waals surface area contributed by atoms with Crippen molar-refractivity contribution in [1.29, 1.82) is 0 Å². The molecule has 2 rings (SSSR count). The van der Waals surface area contributed by atoms with Crippen LogP contribution in [0.4, 0.5) is 8.78 Å². The Labute approximate surface area is 120 Å². The molecule has 100 valence electrons. The normalized spacial score (nSPS) is 12.4. The van der Waals surface area contributed by atoms with Gasteiger partial charge in [-0.05, 0) is 42.0 Å². The third-order valence-electron chi connectivity index (χ3n) is 2.89. The van der Waals surface area contributed by atoms with E-state index in [0.717, 1.165) is 16.5 Å². The number of rotatable bonds is 4. The van der Waals surface area contributed by atoms with Gasteiger partial charge in [0.15, 0.2) is 0 Å². The molecule has 0 aromatic heterocycles. The molecular weight excluding hydrogens is 286 g/mol. The number of hydrogen-bond acceptors (Lipinski definition) is 1. The van der Waals surface area contributed by atoms with Gasteiger partial charge in [0.1, 0.15) is 11.6 Å². The van der Waals surface area contributed by atoms with Crippen molar-refractivity contribution in [2.75, 3.05) is 6.26 Å². The molecule has 0 aliphatic carbocycles. The van der Waals surface area contributed by atoms with Crippen LogP contribution in [-0.2, 0) is 6.42 Å². The molecule has 0 nitrogen and oxygen atoms in total. The lowest BCUT2D eigenvalue weighted by Gasteiger charge is -2.11.